The Bertz CT molecular complexity index is 971. The smallest absolute Gasteiger partial charge is 0.164 e. The summed E-state index contributed by atoms with van der Waals surface area (Å²) in [7, 11) is 0. The number of nitrogens with zero attached hydrogens (tertiary/aromatic N) is 5. The minimum Gasteiger partial charge on any atom is -0.390 e. The zero-order valence-corrected chi connectivity index (χ0v) is 15.1. The molecule has 1 aromatic carbocycles. The maximum atomic E-state index is 6.06. The molecule has 1 atom stereocenters. The summed E-state index contributed by atoms with van der Waals surface area (Å²) in [5.41, 5.74) is 7.22. The van der Waals surface area contributed by atoms with Gasteiger partial charge in [0.25, 0.3) is 0 Å². The second-order valence-corrected chi connectivity index (χ2v) is 6.83. The van der Waals surface area contributed by atoms with Gasteiger partial charge in [0.1, 0.15) is 11.8 Å². The molecule has 25 heavy (non-hydrogen) atoms. The van der Waals surface area contributed by atoms with Crippen LogP contribution in [0.25, 0.3) is 11.2 Å². The molecular weight excluding hydrogens is 338 g/mol. The molecule has 128 valence electrons. The average molecular weight is 356 g/mol. The summed E-state index contributed by atoms with van der Waals surface area (Å²) in [6.45, 7) is 6.96. The Morgan fingerprint density at radius 1 is 1.16 bits per heavy atom. The lowest BCUT2D eigenvalue weighted by molar-refractivity contribution is 0.0732. The van der Waals surface area contributed by atoms with Crippen molar-refractivity contribution < 1.29 is 4.84 Å². The lowest BCUT2D eigenvalue weighted by Gasteiger charge is -2.11. The van der Waals surface area contributed by atoms with Gasteiger partial charge in [0, 0.05) is 12.0 Å². The van der Waals surface area contributed by atoms with E-state index in [1.807, 2.05) is 4.57 Å². The van der Waals surface area contributed by atoms with Gasteiger partial charge in [0.2, 0.25) is 0 Å². The van der Waals surface area contributed by atoms with Crippen molar-refractivity contribution in [1.82, 2.24) is 19.5 Å². The number of aryl methyl sites for hydroxylation is 3. The monoisotopic (exact) mass is 355 g/mol. The Morgan fingerprint density at radius 2 is 1.92 bits per heavy atom. The Kier molecular flexibility index (Phi) is 3.92. The van der Waals surface area contributed by atoms with Crippen LogP contribution in [-0.4, -0.2) is 31.3 Å². The number of fused-ring (bicyclic) bond motifs is 1. The van der Waals surface area contributed by atoms with E-state index in [4.69, 9.17) is 16.4 Å². The van der Waals surface area contributed by atoms with Gasteiger partial charge in [-0.25, -0.2) is 15.0 Å². The summed E-state index contributed by atoms with van der Waals surface area (Å²) in [4.78, 5) is 18.2. The molecule has 0 saturated heterocycles. The zero-order valence-electron chi connectivity index (χ0n) is 14.3. The summed E-state index contributed by atoms with van der Waals surface area (Å²) in [5, 5.41) is 4.70. The minimum atomic E-state index is -0.0544. The maximum absolute atomic E-state index is 6.06. The molecule has 3 aromatic rings. The highest BCUT2D eigenvalue weighted by molar-refractivity contribution is 6.33. The Hall–Kier alpha value is -2.47. The van der Waals surface area contributed by atoms with E-state index >= 15 is 0 Å². The van der Waals surface area contributed by atoms with Crippen molar-refractivity contribution in [2.75, 3.05) is 0 Å². The fraction of sp³-hybridized carbons (Fsp3) is 0.333. The first-order chi connectivity index (χ1) is 12.0. The molecule has 1 aliphatic rings. The van der Waals surface area contributed by atoms with E-state index in [1.54, 1.807) is 6.33 Å². The van der Waals surface area contributed by atoms with Crippen LogP contribution in [0, 0.1) is 20.8 Å². The van der Waals surface area contributed by atoms with Crippen molar-refractivity contribution in [2.45, 2.75) is 39.8 Å². The molecule has 3 heterocycles. The lowest BCUT2D eigenvalue weighted by atomic mass is 9.94. The highest BCUT2D eigenvalue weighted by Gasteiger charge is 2.25. The van der Waals surface area contributed by atoms with Gasteiger partial charge in [-0.1, -0.05) is 34.5 Å². The predicted molar refractivity (Wildman–Crippen MR) is 97.0 cm³/mol. The summed E-state index contributed by atoms with van der Waals surface area (Å²) >= 11 is 6.06. The Labute approximate surface area is 150 Å². The first kappa shape index (κ1) is 16.0. The van der Waals surface area contributed by atoms with Gasteiger partial charge >= 0.3 is 0 Å². The van der Waals surface area contributed by atoms with Crippen LogP contribution >= 0.6 is 11.6 Å². The van der Waals surface area contributed by atoms with E-state index in [9.17, 15) is 0 Å². The molecule has 0 aliphatic carbocycles. The average Bonchev–Trinajstić information content (AvgIpc) is 3.16. The van der Waals surface area contributed by atoms with E-state index in [2.05, 4.69) is 53.0 Å². The highest BCUT2D eigenvalue weighted by Crippen LogP contribution is 2.25. The zero-order chi connectivity index (χ0) is 17.6. The Balaban J connectivity index is 1.55. The molecule has 6 nitrogen and oxygen atoms in total. The van der Waals surface area contributed by atoms with Gasteiger partial charge in [0.15, 0.2) is 16.9 Å². The standard InChI is InChI=1S/C18H18ClN5O/c1-10-4-11(2)15(12(3)5-10)14-6-13(25-23-14)7-24-9-22-16-17(19)20-8-21-18(16)24/h4-5,8-9,13H,6-7H2,1-3H3. The number of rotatable bonds is 3. The van der Waals surface area contributed by atoms with Gasteiger partial charge in [0.05, 0.1) is 18.6 Å². The summed E-state index contributed by atoms with van der Waals surface area (Å²) in [6, 6.07) is 4.36. The van der Waals surface area contributed by atoms with E-state index in [0.717, 1.165) is 12.1 Å². The van der Waals surface area contributed by atoms with E-state index in [1.165, 1.54) is 28.6 Å². The van der Waals surface area contributed by atoms with Crippen LogP contribution in [0.4, 0.5) is 0 Å². The largest absolute Gasteiger partial charge is 0.390 e. The van der Waals surface area contributed by atoms with Crippen molar-refractivity contribution in [3.05, 3.63) is 52.2 Å². The molecule has 1 aliphatic heterocycles. The van der Waals surface area contributed by atoms with Crippen molar-refractivity contribution >= 4 is 28.5 Å². The maximum Gasteiger partial charge on any atom is 0.164 e. The molecular formula is C18H18ClN5O. The Morgan fingerprint density at radius 3 is 2.68 bits per heavy atom. The van der Waals surface area contributed by atoms with Gasteiger partial charge in [-0.05, 0) is 31.9 Å². The summed E-state index contributed by atoms with van der Waals surface area (Å²) < 4.78 is 1.93. The second kappa shape index (κ2) is 6.11. The molecule has 1 unspecified atom stereocenters. The normalized spacial score (nSPS) is 17.0. The topological polar surface area (TPSA) is 65.2 Å². The molecule has 0 amide bonds. The van der Waals surface area contributed by atoms with Crippen molar-refractivity contribution in [3.63, 3.8) is 0 Å². The number of oxime groups is 1. The van der Waals surface area contributed by atoms with Crippen LogP contribution in [0.2, 0.25) is 5.15 Å². The summed E-state index contributed by atoms with van der Waals surface area (Å²) in [5.74, 6) is 0. The number of benzene rings is 1. The van der Waals surface area contributed by atoms with Crippen molar-refractivity contribution in [2.24, 2.45) is 5.16 Å². The third kappa shape index (κ3) is 2.87. The van der Waals surface area contributed by atoms with Crippen LogP contribution in [0.3, 0.4) is 0 Å². The van der Waals surface area contributed by atoms with Crippen LogP contribution in [0.1, 0.15) is 28.7 Å². The lowest BCUT2D eigenvalue weighted by Crippen LogP contribution is -2.17. The molecule has 0 bridgehead atoms. The van der Waals surface area contributed by atoms with E-state index in [0.29, 0.717) is 22.9 Å². The third-order valence-electron chi connectivity index (χ3n) is 4.46. The second-order valence-electron chi connectivity index (χ2n) is 6.48. The SMILES string of the molecule is Cc1cc(C)c(C2=NOC(Cn3cnc4c(Cl)ncnc43)C2)c(C)c1. The van der Waals surface area contributed by atoms with E-state index < -0.39 is 0 Å². The highest BCUT2D eigenvalue weighted by atomic mass is 35.5. The van der Waals surface area contributed by atoms with E-state index in [-0.39, 0.29) is 6.10 Å². The van der Waals surface area contributed by atoms with Gasteiger partial charge < -0.3 is 9.40 Å². The first-order valence-electron chi connectivity index (χ1n) is 8.15. The van der Waals surface area contributed by atoms with Crippen molar-refractivity contribution in [1.29, 1.82) is 0 Å². The molecule has 0 N–H and O–H groups in total. The minimum absolute atomic E-state index is 0.0544. The number of hydrogen-bond donors (Lipinski definition) is 0. The fourth-order valence-corrected chi connectivity index (χ4v) is 3.69. The van der Waals surface area contributed by atoms with Crippen LogP contribution in [-0.2, 0) is 11.4 Å². The quantitative estimate of drug-likeness (QED) is 0.673. The number of hydrogen-bond acceptors (Lipinski definition) is 5. The summed E-state index contributed by atoms with van der Waals surface area (Å²) in [6.07, 6.45) is 3.86. The first-order valence-corrected chi connectivity index (χ1v) is 8.53. The number of halogens is 1. The molecule has 7 heteroatoms. The molecule has 2 aromatic heterocycles. The van der Waals surface area contributed by atoms with Gasteiger partial charge in [-0.15, -0.1) is 0 Å². The van der Waals surface area contributed by atoms with Crippen molar-refractivity contribution in [3.8, 4) is 0 Å². The van der Waals surface area contributed by atoms with Crippen LogP contribution < -0.4 is 0 Å². The van der Waals surface area contributed by atoms with Gasteiger partial charge in [-0.2, -0.15) is 0 Å². The third-order valence-corrected chi connectivity index (χ3v) is 4.73. The predicted octanol–water partition coefficient (Wildman–Crippen LogP) is 3.60. The number of imidazole rings is 1. The molecule has 0 spiro atoms. The fourth-order valence-electron chi connectivity index (χ4n) is 3.51. The molecule has 4 rings (SSSR count). The van der Waals surface area contributed by atoms with Gasteiger partial charge in [-0.3, -0.25) is 0 Å². The molecule has 0 radical (unpaired) electrons. The molecule has 0 saturated carbocycles. The van der Waals surface area contributed by atoms with Crippen LogP contribution in [0.15, 0.2) is 29.9 Å². The van der Waals surface area contributed by atoms with Crippen LogP contribution in [0.5, 0.6) is 0 Å². The molecule has 0 fully saturated rings. The number of aromatic nitrogens is 4.